The van der Waals surface area contributed by atoms with E-state index in [0.29, 0.717) is 14.9 Å². The first-order valence-electron chi connectivity index (χ1n) is 7.14. The summed E-state index contributed by atoms with van der Waals surface area (Å²) < 4.78 is 22.8. The van der Waals surface area contributed by atoms with Crippen molar-refractivity contribution in [1.29, 1.82) is 0 Å². The van der Waals surface area contributed by atoms with Crippen LogP contribution >= 0.6 is 35.0 Å². The Labute approximate surface area is 165 Å². The molecule has 0 radical (unpaired) electrons. The van der Waals surface area contributed by atoms with Gasteiger partial charge in [0, 0.05) is 21.7 Å². The predicted octanol–water partition coefficient (Wildman–Crippen LogP) is 2.95. The number of carbonyl (C=O) groups excluding carboxylic acids is 2. The molecule has 0 spiro atoms. The molecule has 0 heterocycles. The Balaban J connectivity index is 1.86. The van der Waals surface area contributed by atoms with E-state index in [2.05, 4.69) is 10.9 Å². The molecule has 138 valence electrons. The fourth-order valence-electron chi connectivity index (χ4n) is 1.82. The number of rotatable bonds is 5. The Hall–Kier alpha value is -1.74. The lowest BCUT2D eigenvalue weighted by atomic mass is 10.2. The van der Waals surface area contributed by atoms with Crippen LogP contribution in [0.15, 0.2) is 52.3 Å². The standard InChI is InChI=1S/C16H14Cl2N2O4S2/c1-26(23,24)12-5-2-10(3-6-12)16(22)20-19-15(21)9-25-14-8-11(17)4-7-13(14)18/h2-8H,9H2,1H3,(H,19,21)(H,20,22). The van der Waals surface area contributed by atoms with Crippen LogP contribution in [0.25, 0.3) is 0 Å². The molecule has 0 fully saturated rings. The first kappa shape index (κ1) is 20.6. The summed E-state index contributed by atoms with van der Waals surface area (Å²) in [7, 11) is -3.34. The van der Waals surface area contributed by atoms with Gasteiger partial charge in [0.15, 0.2) is 9.84 Å². The van der Waals surface area contributed by atoms with Gasteiger partial charge in [-0.05, 0) is 42.5 Å². The molecule has 0 bridgehead atoms. The minimum Gasteiger partial charge on any atom is -0.272 e. The van der Waals surface area contributed by atoms with Gasteiger partial charge < -0.3 is 0 Å². The number of hydrogen-bond donors (Lipinski definition) is 2. The Bertz CT molecular complexity index is 932. The van der Waals surface area contributed by atoms with Crippen molar-refractivity contribution in [3.63, 3.8) is 0 Å². The molecule has 0 aliphatic heterocycles. The van der Waals surface area contributed by atoms with E-state index in [1.807, 2.05) is 0 Å². The molecule has 0 saturated heterocycles. The molecule has 0 aliphatic rings. The number of thioether (sulfide) groups is 1. The largest absolute Gasteiger partial charge is 0.272 e. The van der Waals surface area contributed by atoms with Gasteiger partial charge in [-0.1, -0.05) is 23.2 Å². The third kappa shape index (κ3) is 5.91. The SMILES string of the molecule is CS(=O)(=O)c1ccc(C(=O)NNC(=O)CSc2cc(Cl)ccc2Cl)cc1. The van der Waals surface area contributed by atoms with Crippen molar-refractivity contribution < 1.29 is 18.0 Å². The second-order valence-electron chi connectivity index (χ2n) is 5.16. The van der Waals surface area contributed by atoms with Gasteiger partial charge in [0.1, 0.15) is 0 Å². The van der Waals surface area contributed by atoms with Gasteiger partial charge in [-0.2, -0.15) is 0 Å². The van der Waals surface area contributed by atoms with E-state index in [1.165, 1.54) is 36.0 Å². The molecule has 2 aromatic rings. The second-order valence-corrected chi connectivity index (χ2v) is 9.04. The first-order chi connectivity index (χ1) is 12.2. The van der Waals surface area contributed by atoms with Gasteiger partial charge in [0.05, 0.1) is 15.7 Å². The number of hydrogen-bond acceptors (Lipinski definition) is 5. The van der Waals surface area contributed by atoms with Gasteiger partial charge >= 0.3 is 0 Å². The number of sulfone groups is 1. The Morgan fingerprint density at radius 2 is 1.69 bits per heavy atom. The fourth-order valence-corrected chi connectivity index (χ4v) is 3.74. The number of amides is 2. The lowest BCUT2D eigenvalue weighted by Gasteiger charge is -2.08. The minimum absolute atomic E-state index is 0.0212. The maximum atomic E-state index is 12.0. The Morgan fingerprint density at radius 1 is 1.04 bits per heavy atom. The van der Waals surface area contributed by atoms with E-state index in [9.17, 15) is 18.0 Å². The molecule has 0 aromatic heterocycles. The molecule has 2 amide bonds. The smallest absolute Gasteiger partial charge is 0.269 e. The van der Waals surface area contributed by atoms with Crippen LogP contribution in [0.5, 0.6) is 0 Å². The van der Waals surface area contributed by atoms with Crippen molar-refractivity contribution in [1.82, 2.24) is 10.9 Å². The lowest BCUT2D eigenvalue weighted by molar-refractivity contribution is -0.119. The average molecular weight is 433 g/mol. The fraction of sp³-hybridized carbons (Fsp3) is 0.125. The summed E-state index contributed by atoms with van der Waals surface area (Å²) in [5.41, 5.74) is 4.75. The average Bonchev–Trinajstić information content (AvgIpc) is 2.59. The summed E-state index contributed by atoms with van der Waals surface area (Å²) in [6.45, 7) is 0. The second kappa shape index (κ2) is 8.77. The normalized spacial score (nSPS) is 11.0. The molecule has 0 atom stereocenters. The van der Waals surface area contributed by atoms with Crippen molar-refractivity contribution >= 4 is 56.6 Å². The molecular formula is C16H14Cl2N2O4S2. The number of hydrazine groups is 1. The van der Waals surface area contributed by atoms with Gasteiger partial charge in [0.2, 0.25) is 5.91 Å². The van der Waals surface area contributed by atoms with Crippen LogP contribution in [0.3, 0.4) is 0 Å². The van der Waals surface area contributed by atoms with Crippen LogP contribution in [0.1, 0.15) is 10.4 Å². The summed E-state index contributed by atoms with van der Waals surface area (Å²) in [6.07, 6.45) is 1.08. The zero-order valence-corrected chi connectivity index (χ0v) is 16.6. The van der Waals surface area contributed by atoms with E-state index in [4.69, 9.17) is 23.2 Å². The Morgan fingerprint density at radius 3 is 2.31 bits per heavy atom. The highest BCUT2D eigenvalue weighted by Crippen LogP contribution is 2.29. The molecule has 2 N–H and O–H groups in total. The zero-order valence-electron chi connectivity index (χ0n) is 13.5. The number of carbonyl (C=O) groups is 2. The van der Waals surface area contributed by atoms with Crippen molar-refractivity contribution in [3.05, 3.63) is 58.1 Å². The van der Waals surface area contributed by atoms with Gasteiger partial charge in [-0.25, -0.2) is 8.42 Å². The third-order valence-electron chi connectivity index (χ3n) is 3.11. The molecule has 10 heteroatoms. The van der Waals surface area contributed by atoms with Crippen molar-refractivity contribution in [2.75, 3.05) is 12.0 Å². The minimum atomic E-state index is -3.34. The molecular weight excluding hydrogens is 419 g/mol. The molecule has 26 heavy (non-hydrogen) atoms. The summed E-state index contributed by atoms with van der Waals surface area (Å²) in [5, 5.41) is 0.977. The quantitative estimate of drug-likeness (QED) is 0.559. The predicted molar refractivity (Wildman–Crippen MR) is 102 cm³/mol. The first-order valence-corrected chi connectivity index (χ1v) is 10.8. The van der Waals surface area contributed by atoms with Crippen LogP contribution in [0.2, 0.25) is 10.0 Å². The maximum absolute atomic E-state index is 12.0. The molecule has 0 unspecified atom stereocenters. The molecule has 2 rings (SSSR count). The molecule has 6 nitrogen and oxygen atoms in total. The number of halogens is 2. The van der Waals surface area contributed by atoms with Gasteiger partial charge in [-0.15, -0.1) is 11.8 Å². The highest BCUT2D eigenvalue weighted by molar-refractivity contribution is 8.00. The summed E-state index contributed by atoms with van der Waals surface area (Å²) >= 11 is 13.1. The van der Waals surface area contributed by atoms with Gasteiger partial charge in [0.25, 0.3) is 5.91 Å². The molecule has 2 aromatic carbocycles. The maximum Gasteiger partial charge on any atom is 0.269 e. The van der Waals surface area contributed by atoms with Crippen LogP contribution in [0.4, 0.5) is 0 Å². The lowest BCUT2D eigenvalue weighted by Crippen LogP contribution is -2.42. The number of nitrogens with one attached hydrogen (secondary N) is 2. The van der Waals surface area contributed by atoms with E-state index in [1.54, 1.807) is 18.2 Å². The van der Waals surface area contributed by atoms with Crippen LogP contribution in [-0.2, 0) is 14.6 Å². The van der Waals surface area contributed by atoms with Crippen LogP contribution in [-0.4, -0.2) is 32.2 Å². The number of benzene rings is 2. The zero-order chi connectivity index (χ0) is 19.3. The highest BCUT2D eigenvalue weighted by atomic mass is 35.5. The molecule has 0 saturated carbocycles. The van der Waals surface area contributed by atoms with Crippen LogP contribution < -0.4 is 10.9 Å². The molecule has 0 aliphatic carbocycles. The van der Waals surface area contributed by atoms with Crippen LogP contribution in [0, 0.1) is 0 Å². The highest BCUT2D eigenvalue weighted by Gasteiger charge is 2.11. The van der Waals surface area contributed by atoms with Crippen molar-refractivity contribution in [3.8, 4) is 0 Å². The van der Waals surface area contributed by atoms with E-state index < -0.39 is 21.7 Å². The monoisotopic (exact) mass is 432 g/mol. The van der Waals surface area contributed by atoms with Crippen molar-refractivity contribution in [2.45, 2.75) is 9.79 Å². The van der Waals surface area contributed by atoms with E-state index in [-0.39, 0.29) is 16.2 Å². The topological polar surface area (TPSA) is 92.3 Å². The summed E-state index contributed by atoms with van der Waals surface area (Å²) in [5.74, 6) is -0.982. The van der Waals surface area contributed by atoms with E-state index >= 15 is 0 Å². The Kier molecular flexibility index (Phi) is 6.94. The van der Waals surface area contributed by atoms with E-state index in [0.717, 1.165) is 6.26 Å². The summed E-state index contributed by atoms with van der Waals surface area (Å²) in [4.78, 5) is 24.5. The third-order valence-corrected chi connectivity index (χ3v) is 5.97. The summed E-state index contributed by atoms with van der Waals surface area (Å²) in [6, 6.07) is 10.3. The van der Waals surface area contributed by atoms with Gasteiger partial charge in [-0.3, -0.25) is 20.4 Å². The van der Waals surface area contributed by atoms with Crippen molar-refractivity contribution in [2.24, 2.45) is 0 Å².